The second-order valence-electron chi connectivity index (χ2n) is 5.11. The first-order chi connectivity index (χ1) is 9.22. The van der Waals surface area contributed by atoms with Gasteiger partial charge in [-0.25, -0.2) is 0 Å². The number of carbonyl (C=O) groups excluding carboxylic acids is 1. The van der Waals surface area contributed by atoms with Gasteiger partial charge >= 0.3 is 0 Å². The Balaban J connectivity index is 1.92. The van der Waals surface area contributed by atoms with E-state index < -0.39 is 0 Å². The maximum atomic E-state index is 12.3. The van der Waals surface area contributed by atoms with Crippen molar-refractivity contribution < 1.29 is 4.79 Å². The minimum Gasteiger partial charge on any atom is -0.336 e. The smallest absolute Gasteiger partial charge is 0.223 e. The van der Waals surface area contributed by atoms with Crippen molar-refractivity contribution in [2.75, 3.05) is 26.2 Å². The zero-order valence-corrected chi connectivity index (χ0v) is 11.6. The Morgan fingerprint density at radius 3 is 3.00 bits per heavy atom. The van der Waals surface area contributed by atoms with Crippen LogP contribution in [0.15, 0.2) is 24.3 Å². The van der Waals surface area contributed by atoms with E-state index in [2.05, 4.69) is 24.4 Å². The molecule has 1 saturated heterocycles. The Kier molecular flexibility index (Phi) is 4.93. The normalized spacial score (nSPS) is 19.5. The van der Waals surface area contributed by atoms with Crippen LogP contribution in [0.3, 0.4) is 0 Å². The van der Waals surface area contributed by atoms with Gasteiger partial charge in [-0.2, -0.15) is 0 Å². The topological polar surface area (TPSA) is 58.4 Å². The monoisotopic (exact) mass is 261 g/mol. The lowest BCUT2D eigenvalue weighted by molar-refractivity contribution is -0.134. The number of nitrogens with zero attached hydrogens (tertiary/aromatic N) is 1. The number of carbonyl (C=O) groups is 1. The summed E-state index contributed by atoms with van der Waals surface area (Å²) in [5.41, 5.74) is 8.24. The minimum atomic E-state index is 0.151. The molecule has 1 fully saturated rings. The van der Waals surface area contributed by atoms with Gasteiger partial charge in [0.2, 0.25) is 5.91 Å². The summed E-state index contributed by atoms with van der Waals surface area (Å²) in [4.78, 5) is 14.2. The minimum absolute atomic E-state index is 0.151. The number of hydrogen-bond donors (Lipinski definition) is 2. The summed E-state index contributed by atoms with van der Waals surface area (Å²) < 4.78 is 0. The van der Waals surface area contributed by atoms with Crippen molar-refractivity contribution in [3.8, 4) is 0 Å². The van der Waals surface area contributed by atoms with Gasteiger partial charge in [-0.3, -0.25) is 4.79 Å². The van der Waals surface area contributed by atoms with Crippen LogP contribution in [-0.4, -0.2) is 43.0 Å². The highest BCUT2D eigenvalue weighted by molar-refractivity contribution is 5.77. The van der Waals surface area contributed by atoms with E-state index in [9.17, 15) is 4.79 Å². The molecule has 1 amide bonds. The van der Waals surface area contributed by atoms with Gasteiger partial charge in [0.1, 0.15) is 0 Å². The highest BCUT2D eigenvalue weighted by atomic mass is 16.2. The number of aryl methyl sites for hydroxylation is 2. The summed E-state index contributed by atoms with van der Waals surface area (Å²) in [5, 5.41) is 3.28. The van der Waals surface area contributed by atoms with Crippen LogP contribution in [0.1, 0.15) is 17.5 Å². The van der Waals surface area contributed by atoms with Crippen molar-refractivity contribution >= 4 is 5.91 Å². The van der Waals surface area contributed by atoms with Crippen LogP contribution in [0.2, 0.25) is 0 Å². The summed E-state index contributed by atoms with van der Waals surface area (Å²) in [6.45, 7) is 5.07. The van der Waals surface area contributed by atoms with Gasteiger partial charge in [0.05, 0.1) is 6.04 Å². The molecule has 1 aromatic rings. The van der Waals surface area contributed by atoms with E-state index in [-0.39, 0.29) is 11.9 Å². The van der Waals surface area contributed by atoms with Crippen molar-refractivity contribution in [2.45, 2.75) is 25.8 Å². The molecule has 4 nitrogen and oxygen atoms in total. The lowest BCUT2D eigenvalue weighted by atomic mass is 10.0. The number of hydrogen-bond acceptors (Lipinski definition) is 3. The van der Waals surface area contributed by atoms with E-state index in [1.807, 2.05) is 17.0 Å². The van der Waals surface area contributed by atoms with Crippen molar-refractivity contribution in [2.24, 2.45) is 5.73 Å². The average Bonchev–Trinajstić information content (AvgIpc) is 2.46. The molecule has 4 heteroatoms. The maximum absolute atomic E-state index is 12.3. The molecule has 19 heavy (non-hydrogen) atoms. The highest BCUT2D eigenvalue weighted by Crippen LogP contribution is 2.12. The fourth-order valence-corrected chi connectivity index (χ4v) is 2.58. The first kappa shape index (κ1) is 14.0. The van der Waals surface area contributed by atoms with Crippen molar-refractivity contribution in [1.29, 1.82) is 0 Å². The lowest BCUT2D eigenvalue weighted by Gasteiger charge is -2.35. The Bertz CT molecular complexity index is 433. The van der Waals surface area contributed by atoms with Gasteiger partial charge in [-0.1, -0.05) is 24.3 Å². The molecule has 0 radical (unpaired) electrons. The van der Waals surface area contributed by atoms with Gasteiger partial charge in [-0.05, 0) is 24.5 Å². The molecule has 0 aromatic heterocycles. The molecule has 1 heterocycles. The Morgan fingerprint density at radius 2 is 2.26 bits per heavy atom. The number of rotatable bonds is 4. The van der Waals surface area contributed by atoms with Crippen molar-refractivity contribution in [3.63, 3.8) is 0 Å². The molecule has 1 unspecified atom stereocenters. The molecule has 0 spiro atoms. The highest BCUT2D eigenvalue weighted by Gasteiger charge is 2.24. The Labute approximate surface area is 115 Å². The van der Waals surface area contributed by atoms with Gasteiger partial charge in [0, 0.05) is 32.6 Å². The molecule has 1 atom stereocenters. The van der Waals surface area contributed by atoms with Crippen LogP contribution >= 0.6 is 0 Å². The Hall–Kier alpha value is -1.39. The fourth-order valence-electron chi connectivity index (χ4n) is 2.58. The van der Waals surface area contributed by atoms with Crippen LogP contribution in [-0.2, 0) is 11.2 Å². The summed E-state index contributed by atoms with van der Waals surface area (Å²) in [7, 11) is 0. The molecular formula is C15H23N3O. The second kappa shape index (κ2) is 6.68. The molecule has 1 aliphatic heterocycles. The SMILES string of the molecule is Cc1ccccc1CCC(=O)N1CCNCC1CN. The van der Waals surface area contributed by atoms with Crippen LogP contribution in [0.4, 0.5) is 0 Å². The van der Waals surface area contributed by atoms with Crippen LogP contribution in [0.25, 0.3) is 0 Å². The van der Waals surface area contributed by atoms with E-state index in [0.717, 1.165) is 26.1 Å². The predicted octanol–water partition coefficient (Wildman–Crippen LogP) is 0.687. The van der Waals surface area contributed by atoms with Crippen LogP contribution < -0.4 is 11.1 Å². The zero-order chi connectivity index (χ0) is 13.7. The van der Waals surface area contributed by atoms with E-state index in [0.29, 0.717) is 13.0 Å². The third-order valence-electron chi connectivity index (χ3n) is 3.81. The van der Waals surface area contributed by atoms with Gasteiger partial charge < -0.3 is 16.0 Å². The standard InChI is InChI=1S/C15H23N3O/c1-12-4-2-3-5-13(12)6-7-15(19)18-9-8-17-11-14(18)10-16/h2-5,14,17H,6-11,16H2,1H3. The van der Waals surface area contributed by atoms with Gasteiger partial charge in [0.25, 0.3) is 0 Å². The largest absolute Gasteiger partial charge is 0.336 e. The number of nitrogens with two attached hydrogens (primary N) is 1. The second-order valence-corrected chi connectivity index (χ2v) is 5.11. The molecule has 0 bridgehead atoms. The zero-order valence-electron chi connectivity index (χ0n) is 11.6. The Morgan fingerprint density at radius 1 is 1.47 bits per heavy atom. The fraction of sp³-hybridized carbons (Fsp3) is 0.533. The van der Waals surface area contributed by atoms with Crippen LogP contribution in [0, 0.1) is 6.92 Å². The quantitative estimate of drug-likeness (QED) is 0.838. The van der Waals surface area contributed by atoms with E-state index >= 15 is 0 Å². The third-order valence-corrected chi connectivity index (χ3v) is 3.81. The summed E-state index contributed by atoms with van der Waals surface area (Å²) in [6.07, 6.45) is 1.38. The number of piperazine rings is 1. The van der Waals surface area contributed by atoms with Gasteiger partial charge in [0.15, 0.2) is 0 Å². The number of amides is 1. The molecule has 104 valence electrons. The average molecular weight is 261 g/mol. The van der Waals surface area contributed by atoms with E-state index in [1.54, 1.807) is 0 Å². The molecular weight excluding hydrogens is 238 g/mol. The summed E-state index contributed by atoms with van der Waals surface area (Å²) >= 11 is 0. The molecule has 2 rings (SSSR count). The predicted molar refractivity (Wildman–Crippen MR) is 76.9 cm³/mol. The van der Waals surface area contributed by atoms with E-state index in [4.69, 9.17) is 5.73 Å². The van der Waals surface area contributed by atoms with E-state index in [1.165, 1.54) is 11.1 Å². The number of nitrogens with one attached hydrogen (secondary N) is 1. The molecule has 1 aromatic carbocycles. The maximum Gasteiger partial charge on any atom is 0.223 e. The third kappa shape index (κ3) is 3.55. The van der Waals surface area contributed by atoms with Crippen LogP contribution in [0.5, 0.6) is 0 Å². The van der Waals surface area contributed by atoms with Crippen molar-refractivity contribution in [1.82, 2.24) is 10.2 Å². The summed E-state index contributed by atoms with van der Waals surface area (Å²) in [5.74, 6) is 0.222. The summed E-state index contributed by atoms with van der Waals surface area (Å²) in [6, 6.07) is 8.40. The first-order valence-electron chi connectivity index (χ1n) is 6.97. The molecule has 1 aliphatic rings. The molecule has 0 saturated carbocycles. The van der Waals surface area contributed by atoms with Gasteiger partial charge in [-0.15, -0.1) is 0 Å². The number of benzene rings is 1. The van der Waals surface area contributed by atoms with Crippen molar-refractivity contribution in [3.05, 3.63) is 35.4 Å². The lowest BCUT2D eigenvalue weighted by Crippen LogP contribution is -2.56. The molecule has 3 N–H and O–H groups in total. The first-order valence-corrected chi connectivity index (χ1v) is 6.97. The molecule has 0 aliphatic carbocycles.